The summed E-state index contributed by atoms with van der Waals surface area (Å²) in [4.78, 5) is 2.46. The van der Waals surface area contributed by atoms with Crippen molar-refractivity contribution in [1.82, 2.24) is 0 Å². The summed E-state index contributed by atoms with van der Waals surface area (Å²) < 4.78 is 2.64. The molecule has 0 bridgehead atoms. The van der Waals surface area contributed by atoms with Crippen molar-refractivity contribution < 1.29 is 0 Å². The van der Waals surface area contributed by atoms with Gasteiger partial charge in [0.25, 0.3) is 0 Å². The Bertz CT molecular complexity index is 2840. The second-order valence-electron chi connectivity index (χ2n) is 12.5. The molecule has 0 unspecified atom stereocenters. The number of fused-ring (bicyclic) bond motifs is 9. The summed E-state index contributed by atoms with van der Waals surface area (Å²) in [6.07, 6.45) is 0. The van der Waals surface area contributed by atoms with E-state index >= 15 is 0 Å². The molecule has 0 N–H and O–H groups in total. The molecular weight excluding hydrogens is 599 g/mol. The SMILES string of the molecule is c1ccc2c(N(c3ccc(-c4ccc5c(ccc6ccccc65)c4)cc3)c3cccc4sc5c6ccccc6ccc5c34)cccc2c1. The van der Waals surface area contributed by atoms with Crippen molar-refractivity contribution in [3.8, 4) is 11.1 Å². The summed E-state index contributed by atoms with van der Waals surface area (Å²) in [5.74, 6) is 0. The van der Waals surface area contributed by atoms with Crippen LogP contribution < -0.4 is 4.90 Å². The van der Waals surface area contributed by atoms with Gasteiger partial charge in [0.2, 0.25) is 0 Å². The fraction of sp³-hybridized carbons (Fsp3) is 0. The highest BCUT2D eigenvalue weighted by atomic mass is 32.1. The molecule has 0 amide bonds. The van der Waals surface area contributed by atoms with E-state index in [1.807, 2.05) is 11.3 Å². The minimum Gasteiger partial charge on any atom is -0.309 e. The van der Waals surface area contributed by atoms with Crippen molar-refractivity contribution in [2.45, 2.75) is 0 Å². The van der Waals surface area contributed by atoms with Gasteiger partial charge in [-0.3, -0.25) is 0 Å². The first-order valence-corrected chi connectivity index (χ1v) is 17.2. The Morgan fingerprint density at radius 3 is 1.75 bits per heavy atom. The Morgan fingerprint density at radius 2 is 0.917 bits per heavy atom. The molecular formula is C46H29NS. The molecule has 1 heterocycles. The number of hydrogen-bond donors (Lipinski definition) is 0. The lowest BCUT2D eigenvalue weighted by Gasteiger charge is -2.28. The van der Waals surface area contributed by atoms with Crippen LogP contribution in [-0.2, 0) is 0 Å². The Labute approximate surface area is 282 Å². The average molecular weight is 628 g/mol. The lowest BCUT2D eigenvalue weighted by atomic mass is 9.97. The molecule has 0 aliphatic heterocycles. The molecule has 0 saturated heterocycles. The van der Waals surface area contributed by atoms with E-state index in [0.717, 1.165) is 5.69 Å². The average Bonchev–Trinajstić information content (AvgIpc) is 3.55. The zero-order valence-electron chi connectivity index (χ0n) is 26.1. The van der Waals surface area contributed by atoms with Crippen LogP contribution in [0.2, 0.25) is 0 Å². The summed E-state index contributed by atoms with van der Waals surface area (Å²) in [5.41, 5.74) is 5.92. The van der Waals surface area contributed by atoms with Crippen LogP contribution in [0.25, 0.3) is 74.4 Å². The predicted molar refractivity (Wildman–Crippen MR) is 209 cm³/mol. The van der Waals surface area contributed by atoms with Crippen LogP contribution in [0.15, 0.2) is 176 Å². The van der Waals surface area contributed by atoms with E-state index in [4.69, 9.17) is 0 Å². The molecule has 10 rings (SSSR count). The number of anilines is 3. The number of rotatable bonds is 4. The van der Waals surface area contributed by atoms with Gasteiger partial charge in [0.1, 0.15) is 0 Å². The molecule has 1 aromatic heterocycles. The molecule has 2 heteroatoms. The van der Waals surface area contributed by atoms with Gasteiger partial charge in [-0.25, -0.2) is 0 Å². The van der Waals surface area contributed by atoms with Gasteiger partial charge in [-0.1, -0.05) is 140 Å². The van der Waals surface area contributed by atoms with Crippen LogP contribution in [-0.4, -0.2) is 0 Å². The maximum Gasteiger partial charge on any atom is 0.0555 e. The molecule has 0 aliphatic carbocycles. The number of hydrogen-bond acceptors (Lipinski definition) is 2. The van der Waals surface area contributed by atoms with Gasteiger partial charge < -0.3 is 4.90 Å². The highest BCUT2D eigenvalue weighted by molar-refractivity contribution is 7.26. The van der Waals surface area contributed by atoms with Crippen molar-refractivity contribution >= 4 is 91.7 Å². The van der Waals surface area contributed by atoms with Gasteiger partial charge in [0, 0.05) is 31.2 Å². The van der Waals surface area contributed by atoms with Crippen molar-refractivity contribution in [2.75, 3.05) is 4.90 Å². The minimum atomic E-state index is 1.13. The summed E-state index contributed by atoms with van der Waals surface area (Å²) in [5, 5.41) is 12.8. The first-order valence-electron chi connectivity index (χ1n) is 16.4. The van der Waals surface area contributed by atoms with Crippen LogP contribution >= 0.6 is 11.3 Å². The Kier molecular flexibility index (Phi) is 6.12. The van der Waals surface area contributed by atoms with Crippen molar-refractivity contribution in [2.24, 2.45) is 0 Å². The molecule has 0 atom stereocenters. The van der Waals surface area contributed by atoms with Crippen LogP contribution in [0.1, 0.15) is 0 Å². The molecule has 0 aliphatic rings. The van der Waals surface area contributed by atoms with Crippen LogP contribution in [0.5, 0.6) is 0 Å². The quantitative estimate of drug-likeness (QED) is 0.176. The summed E-state index contributed by atoms with van der Waals surface area (Å²) in [7, 11) is 0. The second-order valence-corrected chi connectivity index (χ2v) is 13.6. The highest BCUT2D eigenvalue weighted by Gasteiger charge is 2.21. The largest absolute Gasteiger partial charge is 0.309 e. The molecule has 0 saturated carbocycles. The van der Waals surface area contributed by atoms with E-state index < -0.39 is 0 Å². The maximum atomic E-state index is 2.46. The number of benzene rings is 9. The first-order chi connectivity index (χ1) is 23.8. The first kappa shape index (κ1) is 27.2. The van der Waals surface area contributed by atoms with E-state index in [-0.39, 0.29) is 0 Å². The topological polar surface area (TPSA) is 3.24 Å². The zero-order chi connectivity index (χ0) is 31.6. The molecule has 48 heavy (non-hydrogen) atoms. The molecule has 224 valence electrons. The van der Waals surface area contributed by atoms with E-state index in [1.54, 1.807) is 0 Å². The van der Waals surface area contributed by atoms with Gasteiger partial charge in [0.15, 0.2) is 0 Å². The molecule has 10 aromatic rings. The Morgan fingerprint density at radius 1 is 0.354 bits per heavy atom. The van der Waals surface area contributed by atoms with Gasteiger partial charge in [-0.2, -0.15) is 0 Å². The van der Waals surface area contributed by atoms with Crippen molar-refractivity contribution in [1.29, 1.82) is 0 Å². The third-order valence-corrected chi connectivity index (χ3v) is 11.0. The standard InChI is InChI=1S/C46H29NS/c1-4-13-37-32(10-1)19-20-35-29-34(24-27-38(35)37)30-21-25-36(26-22-30)47(42-16-7-12-31-9-2-5-14-39(31)42)43-17-8-18-44-45(43)41-28-23-33-11-3-6-15-40(33)46(41)48-44/h1-29H. The summed E-state index contributed by atoms with van der Waals surface area (Å²) in [6.45, 7) is 0. The predicted octanol–water partition coefficient (Wildman–Crippen LogP) is 13.8. The molecule has 0 spiro atoms. The highest BCUT2D eigenvalue weighted by Crippen LogP contribution is 2.48. The lowest BCUT2D eigenvalue weighted by molar-refractivity contribution is 1.32. The van der Waals surface area contributed by atoms with Crippen LogP contribution in [0, 0.1) is 0 Å². The monoisotopic (exact) mass is 627 g/mol. The Balaban J connectivity index is 1.17. The maximum absolute atomic E-state index is 2.46. The molecule has 1 nitrogen and oxygen atoms in total. The van der Waals surface area contributed by atoms with Crippen LogP contribution in [0.4, 0.5) is 17.1 Å². The van der Waals surface area contributed by atoms with Gasteiger partial charge in [0.05, 0.1) is 11.4 Å². The molecule has 0 fully saturated rings. The van der Waals surface area contributed by atoms with Crippen molar-refractivity contribution in [3.05, 3.63) is 176 Å². The summed E-state index contributed by atoms with van der Waals surface area (Å²) in [6, 6.07) is 64.5. The van der Waals surface area contributed by atoms with E-state index in [0.29, 0.717) is 0 Å². The van der Waals surface area contributed by atoms with Crippen molar-refractivity contribution in [3.63, 3.8) is 0 Å². The second kappa shape index (κ2) is 10.8. The fourth-order valence-corrected chi connectivity index (χ4v) is 8.79. The number of nitrogens with zero attached hydrogens (tertiary/aromatic N) is 1. The van der Waals surface area contributed by atoms with Gasteiger partial charge >= 0.3 is 0 Å². The summed E-state index contributed by atoms with van der Waals surface area (Å²) >= 11 is 1.89. The Hall–Kier alpha value is -5.96. The molecule has 9 aromatic carbocycles. The minimum absolute atomic E-state index is 1.13. The van der Waals surface area contributed by atoms with E-state index in [1.165, 1.54) is 85.8 Å². The lowest BCUT2D eigenvalue weighted by Crippen LogP contribution is -2.10. The zero-order valence-corrected chi connectivity index (χ0v) is 26.9. The molecule has 0 radical (unpaired) electrons. The third-order valence-electron chi connectivity index (χ3n) is 9.82. The normalized spacial score (nSPS) is 11.8. The van der Waals surface area contributed by atoms with Crippen LogP contribution in [0.3, 0.4) is 0 Å². The fourth-order valence-electron chi connectivity index (χ4n) is 7.53. The third kappa shape index (κ3) is 4.24. The number of thiophene rings is 1. The van der Waals surface area contributed by atoms with E-state index in [9.17, 15) is 0 Å². The smallest absolute Gasteiger partial charge is 0.0555 e. The van der Waals surface area contributed by atoms with E-state index in [2.05, 4.69) is 181 Å². The van der Waals surface area contributed by atoms with Gasteiger partial charge in [-0.05, 0) is 85.2 Å². The van der Waals surface area contributed by atoms with Gasteiger partial charge in [-0.15, -0.1) is 11.3 Å².